The van der Waals surface area contributed by atoms with Gasteiger partial charge in [-0.1, -0.05) is 59.7 Å². The third-order valence-corrected chi connectivity index (χ3v) is 5.48. The Morgan fingerprint density at radius 2 is 1.87 bits per heavy atom. The highest BCUT2D eigenvalue weighted by Crippen LogP contribution is 2.24. The minimum atomic E-state index is -0.387. The molecule has 1 aliphatic rings. The van der Waals surface area contributed by atoms with Gasteiger partial charge in [0.25, 0.3) is 0 Å². The van der Waals surface area contributed by atoms with Gasteiger partial charge in [0.05, 0.1) is 5.56 Å². The number of nitrogens with zero attached hydrogens (tertiary/aromatic N) is 1. The summed E-state index contributed by atoms with van der Waals surface area (Å²) in [6.07, 6.45) is 4.95. The highest BCUT2D eigenvalue weighted by Gasteiger charge is 2.13. The number of carbonyl (C=O) groups is 1. The van der Waals surface area contributed by atoms with Crippen LogP contribution in [-0.2, 0) is 11.3 Å². The summed E-state index contributed by atoms with van der Waals surface area (Å²) in [7, 11) is 0. The van der Waals surface area contributed by atoms with Crippen LogP contribution in [0, 0.1) is 31.6 Å². The lowest BCUT2D eigenvalue weighted by Crippen LogP contribution is -2.05. The van der Waals surface area contributed by atoms with Crippen molar-refractivity contribution in [2.24, 2.45) is 5.92 Å². The van der Waals surface area contributed by atoms with Crippen LogP contribution in [0.1, 0.15) is 58.5 Å². The van der Waals surface area contributed by atoms with Crippen molar-refractivity contribution in [1.82, 2.24) is 5.16 Å². The summed E-state index contributed by atoms with van der Waals surface area (Å²) < 4.78 is 10.7. The Balaban J connectivity index is 1.37. The molecule has 0 N–H and O–H groups in total. The second-order valence-corrected chi connectivity index (χ2v) is 7.90. The number of benzene rings is 2. The van der Waals surface area contributed by atoms with Gasteiger partial charge in [0.1, 0.15) is 5.69 Å². The van der Waals surface area contributed by atoms with Crippen molar-refractivity contribution in [2.75, 3.05) is 0 Å². The van der Waals surface area contributed by atoms with Crippen LogP contribution in [0.4, 0.5) is 0 Å². The van der Waals surface area contributed by atoms with Crippen LogP contribution in [0.25, 0.3) is 11.3 Å². The van der Waals surface area contributed by atoms with E-state index in [2.05, 4.69) is 17.0 Å². The van der Waals surface area contributed by atoms with E-state index < -0.39 is 0 Å². The minimum absolute atomic E-state index is 0.0416. The molecule has 152 valence electrons. The summed E-state index contributed by atoms with van der Waals surface area (Å²) in [4.78, 5) is 12.4. The van der Waals surface area contributed by atoms with E-state index in [0.29, 0.717) is 17.2 Å². The molecule has 2 aromatic carbocycles. The smallest absolute Gasteiger partial charge is 0.338 e. The van der Waals surface area contributed by atoms with Crippen LogP contribution < -0.4 is 0 Å². The lowest BCUT2D eigenvalue weighted by Gasteiger charge is -2.05. The highest BCUT2D eigenvalue weighted by atomic mass is 16.5. The van der Waals surface area contributed by atoms with Crippen LogP contribution in [0.2, 0.25) is 0 Å². The van der Waals surface area contributed by atoms with E-state index >= 15 is 0 Å². The standard InChI is InChI=1S/C26H25NO3/c1-18-7-10-22(11-8-18)25-16-24(30-27-25)17-29-26(28)23-14-13-21(19(2)15-23)12-9-20-5-3-4-6-20/h7-8,10-11,13-16,20H,3-6,17H2,1-2H3. The van der Waals surface area contributed by atoms with Gasteiger partial charge in [-0.15, -0.1) is 0 Å². The van der Waals surface area contributed by atoms with Crippen molar-refractivity contribution in [3.05, 3.63) is 76.5 Å². The molecule has 4 heteroatoms. The van der Waals surface area contributed by atoms with Crippen molar-refractivity contribution in [1.29, 1.82) is 0 Å². The van der Waals surface area contributed by atoms with Crippen LogP contribution in [0.15, 0.2) is 53.1 Å². The predicted octanol–water partition coefficient (Wildman–Crippen LogP) is 5.86. The molecule has 0 spiro atoms. The molecule has 0 unspecified atom stereocenters. The van der Waals surface area contributed by atoms with E-state index in [-0.39, 0.29) is 12.6 Å². The summed E-state index contributed by atoms with van der Waals surface area (Å²) in [5, 5.41) is 4.06. The van der Waals surface area contributed by atoms with Crippen molar-refractivity contribution >= 4 is 5.97 Å². The fraction of sp³-hybridized carbons (Fsp3) is 0.308. The monoisotopic (exact) mass is 399 g/mol. The normalized spacial score (nSPS) is 13.7. The Labute approximate surface area is 177 Å². The highest BCUT2D eigenvalue weighted by molar-refractivity contribution is 5.89. The predicted molar refractivity (Wildman–Crippen MR) is 116 cm³/mol. The van der Waals surface area contributed by atoms with Gasteiger partial charge in [0, 0.05) is 23.1 Å². The van der Waals surface area contributed by atoms with Gasteiger partial charge in [-0.2, -0.15) is 0 Å². The number of hydrogen-bond acceptors (Lipinski definition) is 4. The Morgan fingerprint density at radius 1 is 1.10 bits per heavy atom. The minimum Gasteiger partial charge on any atom is -0.454 e. The SMILES string of the molecule is Cc1ccc(-c2cc(COC(=O)c3ccc(C#CC4CCCC4)c(C)c3)on2)cc1. The van der Waals surface area contributed by atoms with Gasteiger partial charge in [-0.05, 0) is 50.5 Å². The van der Waals surface area contributed by atoms with E-state index in [1.54, 1.807) is 12.1 Å². The molecule has 0 bridgehead atoms. The molecule has 0 amide bonds. The third kappa shape index (κ3) is 4.80. The molecular formula is C26H25NO3. The van der Waals surface area contributed by atoms with Gasteiger partial charge in [0.15, 0.2) is 12.4 Å². The number of esters is 1. The van der Waals surface area contributed by atoms with Crippen molar-refractivity contribution < 1.29 is 14.1 Å². The molecular weight excluding hydrogens is 374 g/mol. The molecule has 1 saturated carbocycles. The van der Waals surface area contributed by atoms with Crippen LogP contribution >= 0.6 is 0 Å². The molecule has 1 aromatic heterocycles. The summed E-state index contributed by atoms with van der Waals surface area (Å²) in [5.74, 6) is 7.28. The lowest BCUT2D eigenvalue weighted by atomic mass is 10.0. The Kier molecular flexibility index (Phi) is 5.99. The maximum absolute atomic E-state index is 12.4. The third-order valence-electron chi connectivity index (χ3n) is 5.48. The fourth-order valence-corrected chi connectivity index (χ4v) is 3.64. The summed E-state index contributed by atoms with van der Waals surface area (Å²) in [6, 6.07) is 15.3. The topological polar surface area (TPSA) is 52.3 Å². The number of aryl methyl sites for hydroxylation is 2. The van der Waals surface area contributed by atoms with E-state index in [9.17, 15) is 4.79 Å². The second kappa shape index (κ2) is 9.00. The van der Waals surface area contributed by atoms with Gasteiger partial charge in [-0.25, -0.2) is 4.79 Å². The number of carbonyl (C=O) groups excluding carboxylic acids is 1. The first-order valence-electron chi connectivity index (χ1n) is 10.4. The van der Waals surface area contributed by atoms with Gasteiger partial charge < -0.3 is 9.26 Å². The molecule has 1 fully saturated rings. The van der Waals surface area contributed by atoms with Gasteiger partial charge in [-0.3, -0.25) is 0 Å². The number of hydrogen-bond donors (Lipinski definition) is 0. The molecule has 1 aliphatic carbocycles. The fourth-order valence-electron chi connectivity index (χ4n) is 3.64. The van der Waals surface area contributed by atoms with Crippen LogP contribution in [0.5, 0.6) is 0 Å². The first-order chi connectivity index (χ1) is 14.6. The second-order valence-electron chi connectivity index (χ2n) is 7.90. The molecule has 4 nitrogen and oxygen atoms in total. The first-order valence-corrected chi connectivity index (χ1v) is 10.4. The van der Waals surface area contributed by atoms with E-state index in [0.717, 1.165) is 22.4 Å². The van der Waals surface area contributed by atoms with E-state index in [4.69, 9.17) is 9.26 Å². The number of ether oxygens (including phenoxy) is 1. The molecule has 0 atom stereocenters. The maximum Gasteiger partial charge on any atom is 0.338 e. The van der Waals surface area contributed by atoms with Crippen molar-refractivity contribution in [3.8, 4) is 23.1 Å². The van der Waals surface area contributed by atoms with Crippen LogP contribution in [0.3, 0.4) is 0 Å². The van der Waals surface area contributed by atoms with Gasteiger partial charge >= 0.3 is 5.97 Å². The van der Waals surface area contributed by atoms with E-state index in [1.165, 1.54) is 31.2 Å². The van der Waals surface area contributed by atoms with Crippen LogP contribution in [-0.4, -0.2) is 11.1 Å². The van der Waals surface area contributed by atoms with Crippen molar-refractivity contribution in [2.45, 2.75) is 46.1 Å². The van der Waals surface area contributed by atoms with Gasteiger partial charge in [0.2, 0.25) is 0 Å². The average Bonchev–Trinajstić information content (AvgIpc) is 3.44. The lowest BCUT2D eigenvalue weighted by molar-refractivity contribution is 0.0437. The quantitative estimate of drug-likeness (QED) is 0.407. The maximum atomic E-state index is 12.4. The molecule has 0 aliphatic heterocycles. The summed E-state index contributed by atoms with van der Waals surface area (Å²) in [6.45, 7) is 4.05. The number of rotatable bonds is 4. The Bertz CT molecular complexity index is 1090. The Hall–Kier alpha value is -3.32. The molecule has 0 saturated heterocycles. The molecule has 30 heavy (non-hydrogen) atoms. The summed E-state index contributed by atoms with van der Waals surface area (Å²) in [5.41, 5.74) is 5.33. The zero-order valence-corrected chi connectivity index (χ0v) is 17.4. The molecule has 1 heterocycles. The average molecular weight is 399 g/mol. The Morgan fingerprint density at radius 3 is 2.60 bits per heavy atom. The largest absolute Gasteiger partial charge is 0.454 e. The van der Waals surface area contributed by atoms with E-state index in [1.807, 2.05) is 50.2 Å². The van der Waals surface area contributed by atoms with Crippen molar-refractivity contribution in [3.63, 3.8) is 0 Å². The number of aromatic nitrogens is 1. The molecule has 3 aromatic rings. The first kappa shape index (κ1) is 20.0. The molecule has 4 rings (SSSR count). The zero-order chi connectivity index (χ0) is 20.9. The molecule has 0 radical (unpaired) electrons. The summed E-state index contributed by atoms with van der Waals surface area (Å²) >= 11 is 0. The zero-order valence-electron chi connectivity index (χ0n) is 17.4.